The van der Waals surface area contributed by atoms with Crippen molar-refractivity contribution in [2.45, 2.75) is 44.7 Å². The molecule has 1 aromatic rings. The molecule has 0 spiro atoms. The van der Waals surface area contributed by atoms with Crippen LogP contribution in [-0.2, 0) is 6.54 Å². The van der Waals surface area contributed by atoms with E-state index in [0.717, 1.165) is 12.6 Å². The van der Waals surface area contributed by atoms with Gasteiger partial charge in [0.1, 0.15) is 0 Å². The molecule has 0 amide bonds. The molecular weight excluding hydrogens is 260 g/mol. The average molecular weight is 288 g/mol. The number of nitrogen functional groups attached to an aromatic ring is 2. The number of hydrogen-bond acceptors (Lipinski definition) is 4. The Labute approximate surface area is 128 Å². The maximum atomic E-state index is 5.90. The van der Waals surface area contributed by atoms with E-state index in [1.165, 1.54) is 63.8 Å². The lowest BCUT2D eigenvalue weighted by Crippen LogP contribution is -2.46. The monoisotopic (exact) mass is 288 g/mol. The number of hydrogen-bond donors (Lipinski definition) is 2. The van der Waals surface area contributed by atoms with Crippen LogP contribution in [0.15, 0.2) is 18.2 Å². The molecule has 0 atom stereocenters. The van der Waals surface area contributed by atoms with Gasteiger partial charge in [0.05, 0.1) is 11.4 Å². The van der Waals surface area contributed by atoms with Gasteiger partial charge in [0.2, 0.25) is 0 Å². The highest BCUT2D eigenvalue weighted by Crippen LogP contribution is 2.23. The predicted molar refractivity (Wildman–Crippen MR) is 89.0 cm³/mol. The minimum atomic E-state index is 0.683. The molecule has 0 radical (unpaired) electrons. The molecule has 2 aliphatic rings. The zero-order valence-electron chi connectivity index (χ0n) is 12.9. The summed E-state index contributed by atoms with van der Waals surface area (Å²) in [7, 11) is 0. The molecule has 4 heteroatoms. The van der Waals surface area contributed by atoms with Crippen LogP contribution in [0.4, 0.5) is 11.4 Å². The molecule has 0 aromatic heterocycles. The normalized spacial score (nSPS) is 22.5. The third-order valence-corrected chi connectivity index (χ3v) is 5.02. The van der Waals surface area contributed by atoms with Crippen molar-refractivity contribution < 1.29 is 0 Å². The van der Waals surface area contributed by atoms with Crippen LogP contribution >= 0.6 is 0 Å². The Hall–Kier alpha value is -1.26. The maximum Gasteiger partial charge on any atom is 0.0551 e. The molecule has 3 rings (SSSR count). The average Bonchev–Trinajstić information content (AvgIpc) is 2.53. The summed E-state index contributed by atoms with van der Waals surface area (Å²) in [5, 5.41) is 0. The molecule has 0 aliphatic carbocycles. The van der Waals surface area contributed by atoms with Gasteiger partial charge < -0.3 is 16.4 Å². The zero-order valence-corrected chi connectivity index (χ0v) is 12.9. The molecule has 0 saturated carbocycles. The summed E-state index contributed by atoms with van der Waals surface area (Å²) in [5.41, 5.74) is 14.3. The molecule has 2 fully saturated rings. The molecule has 0 bridgehead atoms. The fourth-order valence-corrected chi connectivity index (χ4v) is 3.71. The lowest BCUT2D eigenvalue weighted by molar-refractivity contribution is 0.0896. The Bertz CT molecular complexity index is 460. The quantitative estimate of drug-likeness (QED) is 0.838. The second-order valence-corrected chi connectivity index (χ2v) is 6.57. The number of anilines is 2. The van der Waals surface area contributed by atoms with Gasteiger partial charge >= 0.3 is 0 Å². The topological polar surface area (TPSA) is 58.5 Å². The number of likely N-dealkylation sites (tertiary alicyclic amines) is 2. The van der Waals surface area contributed by atoms with Gasteiger partial charge in [-0.1, -0.05) is 12.5 Å². The number of rotatable bonds is 3. The van der Waals surface area contributed by atoms with Crippen molar-refractivity contribution in [2.75, 3.05) is 37.6 Å². The lowest BCUT2D eigenvalue weighted by Gasteiger charge is -2.40. The van der Waals surface area contributed by atoms with Crippen molar-refractivity contribution >= 4 is 11.4 Å². The van der Waals surface area contributed by atoms with Crippen molar-refractivity contribution in [1.29, 1.82) is 0 Å². The van der Waals surface area contributed by atoms with E-state index in [9.17, 15) is 0 Å². The first-order chi connectivity index (χ1) is 10.2. The summed E-state index contributed by atoms with van der Waals surface area (Å²) in [6.45, 7) is 6.03. The minimum absolute atomic E-state index is 0.683. The van der Waals surface area contributed by atoms with E-state index in [-0.39, 0.29) is 0 Å². The number of nitrogens with zero attached hydrogens (tertiary/aromatic N) is 2. The largest absolute Gasteiger partial charge is 0.397 e. The predicted octanol–water partition coefficient (Wildman–Crippen LogP) is 2.30. The molecule has 116 valence electrons. The Balaban J connectivity index is 1.50. The third-order valence-electron chi connectivity index (χ3n) is 5.02. The van der Waals surface area contributed by atoms with E-state index in [1.54, 1.807) is 0 Å². The van der Waals surface area contributed by atoms with Gasteiger partial charge in [0, 0.05) is 12.6 Å². The first kappa shape index (κ1) is 14.7. The highest BCUT2D eigenvalue weighted by Gasteiger charge is 2.25. The van der Waals surface area contributed by atoms with Crippen LogP contribution in [-0.4, -0.2) is 42.0 Å². The van der Waals surface area contributed by atoms with Gasteiger partial charge in [-0.25, -0.2) is 0 Å². The Morgan fingerprint density at radius 1 is 0.905 bits per heavy atom. The van der Waals surface area contributed by atoms with Gasteiger partial charge in [0.25, 0.3) is 0 Å². The number of piperidine rings is 2. The Morgan fingerprint density at radius 2 is 1.62 bits per heavy atom. The Morgan fingerprint density at radius 3 is 2.29 bits per heavy atom. The molecule has 2 saturated heterocycles. The van der Waals surface area contributed by atoms with E-state index in [1.807, 2.05) is 12.1 Å². The first-order valence-corrected chi connectivity index (χ1v) is 8.32. The molecular formula is C17H28N4. The lowest BCUT2D eigenvalue weighted by atomic mass is 9.99. The van der Waals surface area contributed by atoms with Gasteiger partial charge in [-0.3, -0.25) is 4.90 Å². The maximum absolute atomic E-state index is 5.90. The van der Waals surface area contributed by atoms with Crippen molar-refractivity contribution in [3.05, 3.63) is 23.8 Å². The third kappa shape index (κ3) is 3.69. The van der Waals surface area contributed by atoms with Crippen molar-refractivity contribution in [1.82, 2.24) is 9.80 Å². The SMILES string of the molecule is Nc1ccc(CN2CCC(N3CCCCC3)CC2)cc1N. The van der Waals surface area contributed by atoms with Crippen LogP contribution in [0.3, 0.4) is 0 Å². The second kappa shape index (κ2) is 6.67. The number of nitrogens with two attached hydrogens (primary N) is 2. The summed E-state index contributed by atoms with van der Waals surface area (Å²) in [6, 6.07) is 6.86. The highest BCUT2D eigenvalue weighted by atomic mass is 15.2. The van der Waals surface area contributed by atoms with E-state index in [0.29, 0.717) is 11.4 Å². The second-order valence-electron chi connectivity index (χ2n) is 6.57. The molecule has 0 unspecified atom stereocenters. The fourth-order valence-electron chi connectivity index (χ4n) is 3.71. The van der Waals surface area contributed by atoms with Crippen molar-refractivity contribution in [3.8, 4) is 0 Å². The van der Waals surface area contributed by atoms with E-state index in [2.05, 4.69) is 15.9 Å². The molecule has 21 heavy (non-hydrogen) atoms. The van der Waals surface area contributed by atoms with Crippen molar-refractivity contribution in [3.63, 3.8) is 0 Å². The molecule has 1 aromatic carbocycles. The van der Waals surface area contributed by atoms with Crippen molar-refractivity contribution in [2.24, 2.45) is 0 Å². The van der Waals surface area contributed by atoms with E-state index in [4.69, 9.17) is 11.5 Å². The van der Waals surface area contributed by atoms with E-state index < -0.39 is 0 Å². The number of benzene rings is 1. The van der Waals surface area contributed by atoms with Crippen LogP contribution in [0.2, 0.25) is 0 Å². The van der Waals surface area contributed by atoms with Crippen LogP contribution in [0.1, 0.15) is 37.7 Å². The summed E-state index contributed by atoms with van der Waals surface area (Å²) in [5.74, 6) is 0. The van der Waals surface area contributed by atoms with Gasteiger partial charge in [-0.2, -0.15) is 0 Å². The van der Waals surface area contributed by atoms with Crippen LogP contribution < -0.4 is 11.5 Å². The molecule has 4 N–H and O–H groups in total. The van der Waals surface area contributed by atoms with Gasteiger partial charge in [-0.15, -0.1) is 0 Å². The fraction of sp³-hybridized carbons (Fsp3) is 0.647. The van der Waals surface area contributed by atoms with E-state index >= 15 is 0 Å². The van der Waals surface area contributed by atoms with Gasteiger partial charge in [0.15, 0.2) is 0 Å². The van der Waals surface area contributed by atoms with Crippen LogP contribution in [0.5, 0.6) is 0 Å². The molecule has 2 heterocycles. The Kier molecular flexibility index (Phi) is 4.66. The summed E-state index contributed by atoms with van der Waals surface area (Å²) >= 11 is 0. The minimum Gasteiger partial charge on any atom is -0.397 e. The zero-order chi connectivity index (χ0) is 14.7. The highest BCUT2D eigenvalue weighted by molar-refractivity contribution is 5.63. The van der Waals surface area contributed by atoms with Gasteiger partial charge in [-0.05, 0) is 69.6 Å². The van der Waals surface area contributed by atoms with Crippen LogP contribution in [0.25, 0.3) is 0 Å². The summed E-state index contributed by atoms with van der Waals surface area (Å²) in [6.07, 6.45) is 6.83. The van der Waals surface area contributed by atoms with Crippen LogP contribution in [0, 0.1) is 0 Å². The first-order valence-electron chi connectivity index (χ1n) is 8.32. The molecule has 4 nitrogen and oxygen atoms in total. The smallest absolute Gasteiger partial charge is 0.0551 e. The summed E-state index contributed by atoms with van der Waals surface area (Å²) in [4.78, 5) is 5.27. The molecule has 2 aliphatic heterocycles. The standard InChI is InChI=1S/C17H28N4/c18-16-5-4-14(12-17(16)19)13-20-10-6-15(7-11-20)21-8-2-1-3-9-21/h4-5,12,15H,1-3,6-11,13,18-19H2. The summed E-state index contributed by atoms with van der Waals surface area (Å²) < 4.78 is 0.